The van der Waals surface area contributed by atoms with Crippen molar-refractivity contribution in [1.29, 1.82) is 0 Å². The molecule has 0 N–H and O–H groups in total. The van der Waals surface area contributed by atoms with Crippen molar-refractivity contribution in [3.05, 3.63) is 182 Å². The zero-order valence-corrected chi connectivity index (χ0v) is 30.9. The van der Waals surface area contributed by atoms with E-state index in [9.17, 15) is 9.59 Å². The van der Waals surface area contributed by atoms with Gasteiger partial charge in [0.1, 0.15) is 0 Å². The van der Waals surface area contributed by atoms with E-state index in [2.05, 4.69) is 72.8 Å². The van der Waals surface area contributed by atoms with E-state index in [0.717, 1.165) is 31.1 Å². The molecule has 0 fully saturated rings. The van der Waals surface area contributed by atoms with Crippen LogP contribution in [0.15, 0.2) is 182 Å². The zero-order valence-electron chi connectivity index (χ0n) is 28.9. The largest absolute Gasteiger partial charge is 0.390 e. The Kier molecular flexibility index (Phi) is 11.7. The fourth-order valence-electron chi connectivity index (χ4n) is 7.39. The molecule has 0 aliphatic heterocycles. The summed E-state index contributed by atoms with van der Waals surface area (Å²) >= 11 is 0. The Bertz CT molecular complexity index is 1640. The molecule has 6 rings (SSSR count). The van der Waals surface area contributed by atoms with Gasteiger partial charge >= 0.3 is 11.9 Å². The van der Waals surface area contributed by atoms with Crippen LogP contribution >= 0.6 is 0 Å². The van der Waals surface area contributed by atoms with E-state index >= 15 is 0 Å². The van der Waals surface area contributed by atoms with Gasteiger partial charge in [0.15, 0.2) is 27.6 Å². The molecule has 0 radical (unpaired) electrons. The van der Waals surface area contributed by atoms with Gasteiger partial charge in [-0.3, -0.25) is 0 Å². The fourth-order valence-corrected chi connectivity index (χ4v) is 17.2. The van der Waals surface area contributed by atoms with Gasteiger partial charge in [-0.25, -0.2) is 9.59 Å². The number of rotatable bonds is 14. The maximum Gasteiger partial charge on any atom is 0.340 e. The summed E-state index contributed by atoms with van der Waals surface area (Å²) in [5, 5.41) is 5.80. The standard InChI is InChI=1S/C44H42O5Si2/c1-3-47-43(50(35-23-11-5-12-24-35,36-25-13-6-14-26-36)37-27-15-7-16-28-37)41(45)49-42(46)44(48-4-2)51(38-29-17-8-18-30-38,39-31-19-9-20-32-39)40-33-21-10-22-34-40/h5-34,43-44H,3-4H2,1-2H3. The third-order valence-electron chi connectivity index (χ3n) is 9.46. The molecular formula is C44H42O5Si2. The maximum atomic E-state index is 15.0. The number of hydrogen-bond acceptors (Lipinski definition) is 5. The number of carbonyl (C=O) groups is 2. The second kappa shape index (κ2) is 16.7. The van der Waals surface area contributed by atoms with Crippen LogP contribution in [0.5, 0.6) is 0 Å². The van der Waals surface area contributed by atoms with E-state index < -0.39 is 39.5 Å². The Morgan fingerprint density at radius 3 is 0.765 bits per heavy atom. The second-order valence-corrected chi connectivity index (χ2v) is 20.0. The second-order valence-electron chi connectivity index (χ2n) is 12.2. The van der Waals surface area contributed by atoms with Crippen molar-refractivity contribution in [2.75, 3.05) is 13.2 Å². The van der Waals surface area contributed by atoms with Crippen LogP contribution in [0.3, 0.4) is 0 Å². The Balaban J connectivity index is 1.54. The van der Waals surface area contributed by atoms with Crippen LogP contribution in [0.2, 0.25) is 0 Å². The highest BCUT2D eigenvalue weighted by Crippen LogP contribution is 2.21. The van der Waals surface area contributed by atoms with E-state index in [1.54, 1.807) is 0 Å². The van der Waals surface area contributed by atoms with Crippen molar-refractivity contribution < 1.29 is 23.8 Å². The smallest absolute Gasteiger partial charge is 0.340 e. The summed E-state index contributed by atoms with van der Waals surface area (Å²) in [4.78, 5) is 30.0. The Morgan fingerprint density at radius 1 is 0.392 bits per heavy atom. The first kappa shape index (κ1) is 35.6. The Labute approximate surface area is 302 Å². The van der Waals surface area contributed by atoms with Crippen molar-refractivity contribution in [1.82, 2.24) is 0 Å². The minimum Gasteiger partial charge on any atom is -0.390 e. The number of carbonyl (C=O) groups excluding carboxylic acids is 2. The average Bonchev–Trinajstić information content (AvgIpc) is 3.20. The molecule has 0 aromatic heterocycles. The van der Waals surface area contributed by atoms with E-state index in [4.69, 9.17) is 14.2 Å². The van der Waals surface area contributed by atoms with E-state index in [1.807, 2.05) is 123 Å². The lowest BCUT2D eigenvalue weighted by Crippen LogP contribution is -2.78. The number of esters is 2. The Hall–Kier alpha value is -5.19. The summed E-state index contributed by atoms with van der Waals surface area (Å²) in [5.41, 5.74) is -2.19. The monoisotopic (exact) mass is 706 g/mol. The lowest BCUT2D eigenvalue weighted by atomic mass is 10.3. The van der Waals surface area contributed by atoms with Gasteiger partial charge in [0.05, 0.1) is 0 Å². The van der Waals surface area contributed by atoms with Gasteiger partial charge in [0.25, 0.3) is 0 Å². The van der Waals surface area contributed by atoms with Gasteiger partial charge in [-0.15, -0.1) is 0 Å². The molecule has 0 bridgehead atoms. The highest BCUT2D eigenvalue weighted by molar-refractivity contribution is 7.14. The summed E-state index contributed by atoms with van der Waals surface area (Å²) in [6.45, 7) is 4.20. The van der Waals surface area contributed by atoms with E-state index in [0.29, 0.717) is 0 Å². The van der Waals surface area contributed by atoms with Crippen molar-refractivity contribution in [2.45, 2.75) is 25.3 Å². The van der Waals surface area contributed by atoms with Crippen molar-refractivity contribution in [3.63, 3.8) is 0 Å². The van der Waals surface area contributed by atoms with Gasteiger partial charge in [-0.2, -0.15) is 0 Å². The maximum absolute atomic E-state index is 15.0. The molecule has 0 aliphatic rings. The molecule has 2 unspecified atom stereocenters. The topological polar surface area (TPSA) is 61.8 Å². The van der Waals surface area contributed by atoms with Crippen molar-refractivity contribution >= 4 is 59.2 Å². The first-order chi connectivity index (χ1) is 25.1. The van der Waals surface area contributed by atoms with Gasteiger partial charge in [-0.1, -0.05) is 182 Å². The fraction of sp³-hybridized carbons (Fsp3) is 0.136. The third kappa shape index (κ3) is 6.94. The molecule has 2 atom stereocenters. The highest BCUT2D eigenvalue weighted by atomic mass is 28.3. The van der Waals surface area contributed by atoms with Gasteiger partial charge in [0.2, 0.25) is 0 Å². The Morgan fingerprint density at radius 2 is 0.588 bits per heavy atom. The van der Waals surface area contributed by atoms with Crippen LogP contribution in [0.4, 0.5) is 0 Å². The lowest BCUT2D eigenvalue weighted by molar-refractivity contribution is -0.169. The van der Waals surface area contributed by atoms with E-state index in [1.165, 1.54) is 0 Å². The SMILES string of the molecule is CCOC(C(=O)OC(=O)C(OCC)[Si](c1ccccc1)(c1ccccc1)c1ccccc1)[Si](c1ccccc1)(c1ccccc1)c1ccccc1. The minimum atomic E-state index is -3.37. The minimum absolute atomic E-state index is 0.237. The molecular weight excluding hydrogens is 665 g/mol. The molecule has 0 amide bonds. The van der Waals surface area contributed by atoms with Crippen molar-refractivity contribution in [3.8, 4) is 0 Å². The molecule has 0 saturated heterocycles. The molecule has 0 aliphatic carbocycles. The first-order valence-corrected chi connectivity index (χ1v) is 21.6. The van der Waals surface area contributed by atoms with Gasteiger partial charge < -0.3 is 14.2 Å². The predicted octanol–water partition coefficient (Wildman–Crippen LogP) is 4.29. The quantitative estimate of drug-likeness (QED) is 0.0733. The summed E-state index contributed by atoms with van der Waals surface area (Å²) < 4.78 is 19.2. The summed E-state index contributed by atoms with van der Waals surface area (Å²) in [6, 6.07) is 60.1. The molecule has 256 valence electrons. The van der Waals surface area contributed by atoms with Crippen molar-refractivity contribution in [2.24, 2.45) is 0 Å². The molecule has 0 heterocycles. The van der Waals surface area contributed by atoms with Crippen LogP contribution in [0.1, 0.15) is 13.8 Å². The summed E-state index contributed by atoms with van der Waals surface area (Å²) in [6.07, 6.45) is 0. The van der Waals surface area contributed by atoms with Gasteiger partial charge in [-0.05, 0) is 45.0 Å². The highest BCUT2D eigenvalue weighted by Gasteiger charge is 2.55. The molecule has 51 heavy (non-hydrogen) atoms. The molecule has 5 nitrogen and oxygen atoms in total. The van der Waals surface area contributed by atoms with E-state index in [-0.39, 0.29) is 13.2 Å². The summed E-state index contributed by atoms with van der Waals surface area (Å²) in [7, 11) is -6.75. The molecule has 6 aromatic carbocycles. The number of ether oxygens (including phenoxy) is 3. The normalized spacial score (nSPS) is 12.8. The zero-order chi connectivity index (χ0) is 35.5. The van der Waals surface area contributed by atoms with Gasteiger partial charge in [0, 0.05) is 13.2 Å². The third-order valence-corrected chi connectivity index (χ3v) is 19.3. The molecule has 0 saturated carbocycles. The van der Waals surface area contributed by atoms with Crippen LogP contribution in [-0.4, -0.2) is 52.8 Å². The molecule has 0 spiro atoms. The molecule has 6 aromatic rings. The predicted molar refractivity (Wildman–Crippen MR) is 210 cm³/mol. The van der Waals surface area contributed by atoms with Crippen LogP contribution in [0, 0.1) is 0 Å². The van der Waals surface area contributed by atoms with Crippen LogP contribution in [0.25, 0.3) is 0 Å². The van der Waals surface area contributed by atoms with Crippen LogP contribution < -0.4 is 31.1 Å². The number of benzene rings is 6. The summed E-state index contributed by atoms with van der Waals surface area (Å²) in [5.74, 6) is -1.46. The molecule has 7 heteroatoms. The number of hydrogen-bond donors (Lipinski definition) is 0. The van der Waals surface area contributed by atoms with Crippen LogP contribution in [-0.2, 0) is 23.8 Å². The first-order valence-electron chi connectivity index (χ1n) is 17.4. The lowest BCUT2D eigenvalue weighted by Gasteiger charge is -2.40. The average molecular weight is 707 g/mol.